The first-order valence-electron chi connectivity index (χ1n) is 8.16. The van der Waals surface area contributed by atoms with Crippen LogP contribution in [-0.2, 0) is 14.1 Å². The average molecular weight is 293 g/mol. The Bertz CT molecular complexity index is 459. The summed E-state index contributed by atoms with van der Waals surface area (Å²) in [5, 5.41) is 2.95. The van der Waals surface area contributed by atoms with Crippen molar-refractivity contribution in [1.82, 2.24) is 5.32 Å². The molecule has 3 aliphatic carbocycles. The fourth-order valence-corrected chi connectivity index (χ4v) is 4.48. The lowest BCUT2D eigenvalue weighted by Crippen LogP contribution is -2.65. The minimum absolute atomic E-state index is 0.0411. The van der Waals surface area contributed by atoms with Crippen LogP contribution < -0.4 is 5.32 Å². The molecule has 1 aliphatic heterocycles. The number of rotatable bonds is 2. The Hall–Kier alpha value is -0.545. The van der Waals surface area contributed by atoms with E-state index in [1.807, 2.05) is 20.8 Å². The van der Waals surface area contributed by atoms with Crippen molar-refractivity contribution in [3.63, 3.8) is 0 Å². The zero-order chi connectivity index (χ0) is 15.6. The van der Waals surface area contributed by atoms with Gasteiger partial charge in [-0.25, -0.2) is 0 Å². The predicted octanol–water partition coefficient (Wildman–Crippen LogP) is 2.42. The lowest BCUT2D eigenvalue weighted by molar-refractivity contribution is -0.199. The molecule has 21 heavy (non-hydrogen) atoms. The third kappa shape index (κ3) is 2.24. The minimum atomic E-state index is -0.376. The van der Waals surface area contributed by atoms with Gasteiger partial charge < -0.3 is 14.6 Å². The fourth-order valence-electron chi connectivity index (χ4n) is 4.48. The van der Waals surface area contributed by atoms with Crippen molar-refractivity contribution in [3.8, 4) is 0 Å². The van der Waals surface area contributed by atoms with Gasteiger partial charge in [-0.15, -0.1) is 0 Å². The second-order valence-electron chi connectivity index (χ2n) is 8.86. The molecule has 1 N–H and O–H groups in total. The summed E-state index contributed by atoms with van der Waals surface area (Å²) in [5.41, 5.74) is -0.202. The molecule has 4 atom stereocenters. The fraction of sp³-hybridized carbons (Fsp3) is 0.938. The molecule has 0 spiro atoms. The highest BCUT2D eigenvalue weighted by Gasteiger charge is 2.67. The van der Waals surface area contributed by atoms with E-state index in [0.717, 1.165) is 12.3 Å². The van der Waals surface area contributed by atoms with Gasteiger partial charge in [0.15, 0.2) is 0 Å². The molecule has 118 valence electrons. The summed E-state index contributed by atoms with van der Waals surface area (Å²) in [6.45, 7) is 12.6. The van der Waals surface area contributed by atoms with Crippen molar-refractivity contribution in [1.29, 1.82) is 0 Å². The number of hydrogen-bond acceptors (Lipinski definition) is 3. The lowest BCUT2D eigenvalue weighted by Gasteiger charge is -2.64. The third-order valence-electron chi connectivity index (χ3n) is 6.11. The van der Waals surface area contributed by atoms with Gasteiger partial charge >= 0.3 is 7.12 Å². The Kier molecular flexibility index (Phi) is 3.28. The summed E-state index contributed by atoms with van der Waals surface area (Å²) < 4.78 is 12.4. The van der Waals surface area contributed by atoms with Gasteiger partial charge in [-0.1, -0.05) is 34.6 Å². The molecule has 4 aliphatic rings. The van der Waals surface area contributed by atoms with Crippen molar-refractivity contribution < 1.29 is 14.1 Å². The molecule has 4 fully saturated rings. The Balaban J connectivity index is 1.62. The van der Waals surface area contributed by atoms with Crippen molar-refractivity contribution in [3.05, 3.63) is 0 Å². The van der Waals surface area contributed by atoms with Crippen LogP contribution in [0.25, 0.3) is 0 Å². The molecule has 0 aromatic heterocycles. The lowest BCUT2D eigenvalue weighted by atomic mass is 9.43. The molecule has 5 heteroatoms. The Morgan fingerprint density at radius 1 is 1.29 bits per heavy atom. The highest BCUT2D eigenvalue weighted by atomic mass is 16.7. The summed E-state index contributed by atoms with van der Waals surface area (Å²) in [4.78, 5) is 12.0. The van der Waals surface area contributed by atoms with E-state index in [1.54, 1.807) is 0 Å². The molecule has 1 amide bonds. The van der Waals surface area contributed by atoms with E-state index in [9.17, 15) is 4.79 Å². The second-order valence-corrected chi connectivity index (χ2v) is 8.86. The van der Waals surface area contributed by atoms with Crippen LogP contribution >= 0.6 is 0 Å². The molecular formula is C16H28BNO3. The smallest absolute Gasteiger partial charge is 0.404 e. The van der Waals surface area contributed by atoms with Crippen LogP contribution in [0, 0.1) is 22.7 Å². The van der Waals surface area contributed by atoms with Crippen LogP contribution in [0.2, 0.25) is 0 Å². The summed E-state index contributed by atoms with van der Waals surface area (Å²) in [6, 6.07) is 0. The van der Waals surface area contributed by atoms with Gasteiger partial charge in [0.2, 0.25) is 5.91 Å². The van der Waals surface area contributed by atoms with Gasteiger partial charge in [-0.3, -0.25) is 4.79 Å². The molecule has 2 bridgehead atoms. The number of hydrogen-bond donors (Lipinski definition) is 1. The number of carbonyl (C=O) groups is 1. The van der Waals surface area contributed by atoms with Crippen LogP contribution in [0.15, 0.2) is 0 Å². The second kappa shape index (κ2) is 4.48. The van der Waals surface area contributed by atoms with Crippen LogP contribution in [0.5, 0.6) is 0 Å². The van der Waals surface area contributed by atoms with E-state index in [0.29, 0.717) is 17.8 Å². The molecule has 0 unspecified atom stereocenters. The van der Waals surface area contributed by atoms with Crippen LogP contribution in [0.4, 0.5) is 0 Å². The summed E-state index contributed by atoms with van der Waals surface area (Å²) in [6.07, 6.45) is 2.97. The van der Waals surface area contributed by atoms with E-state index >= 15 is 0 Å². The molecule has 1 heterocycles. The SMILES string of the molecule is CC(C)(C)C(=O)NCB1O[C@@H]2C[C@@H]3C[C@@H](C3(C)C)[C@]2(C)O1. The first kappa shape index (κ1) is 15.4. The van der Waals surface area contributed by atoms with E-state index in [-0.39, 0.29) is 30.1 Å². The van der Waals surface area contributed by atoms with Crippen molar-refractivity contribution in [2.45, 2.75) is 66.1 Å². The molecule has 0 radical (unpaired) electrons. The number of carbonyl (C=O) groups excluding carboxylic acids is 1. The Morgan fingerprint density at radius 3 is 2.52 bits per heavy atom. The summed E-state index contributed by atoms with van der Waals surface area (Å²) in [5.74, 6) is 1.36. The van der Waals surface area contributed by atoms with Gasteiger partial charge in [0, 0.05) is 5.41 Å². The Morgan fingerprint density at radius 2 is 1.95 bits per heavy atom. The van der Waals surface area contributed by atoms with Crippen molar-refractivity contribution >= 4 is 13.0 Å². The van der Waals surface area contributed by atoms with Gasteiger partial charge in [-0.2, -0.15) is 0 Å². The topological polar surface area (TPSA) is 47.6 Å². The highest BCUT2D eigenvalue weighted by molar-refractivity contribution is 6.46. The van der Waals surface area contributed by atoms with Gasteiger partial charge in [0.1, 0.15) is 0 Å². The van der Waals surface area contributed by atoms with E-state index in [1.165, 1.54) is 6.42 Å². The maximum atomic E-state index is 12.0. The number of nitrogens with one attached hydrogen (secondary N) is 1. The average Bonchev–Trinajstić information content (AvgIpc) is 2.70. The summed E-state index contributed by atoms with van der Waals surface area (Å²) in [7, 11) is -0.304. The maximum Gasteiger partial charge on any atom is 0.478 e. The zero-order valence-electron chi connectivity index (χ0n) is 14.2. The molecular weight excluding hydrogens is 265 g/mol. The highest BCUT2D eigenvalue weighted by Crippen LogP contribution is 2.65. The normalized spacial score (nSPS) is 40.5. The molecule has 1 saturated heterocycles. The molecule has 3 saturated carbocycles. The van der Waals surface area contributed by atoms with Crippen LogP contribution in [0.1, 0.15) is 54.4 Å². The summed E-state index contributed by atoms with van der Waals surface area (Å²) >= 11 is 0. The van der Waals surface area contributed by atoms with Crippen LogP contribution in [0.3, 0.4) is 0 Å². The van der Waals surface area contributed by atoms with Gasteiger partial charge in [0.25, 0.3) is 0 Å². The zero-order valence-corrected chi connectivity index (χ0v) is 14.2. The van der Waals surface area contributed by atoms with Crippen LogP contribution in [-0.4, -0.2) is 31.2 Å². The molecule has 0 aromatic carbocycles. The largest absolute Gasteiger partial charge is 0.478 e. The third-order valence-corrected chi connectivity index (χ3v) is 6.11. The van der Waals surface area contributed by atoms with E-state index in [4.69, 9.17) is 9.31 Å². The number of amides is 1. The first-order chi connectivity index (χ1) is 9.55. The monoisotopic (exact) mass is 293 g/mol. The Labute approximate surface area is 128 Å². The van der Waals surface area contributed by atoms with Crippen molar-refractivity contribution in [2.24, 2.45) is 22.7 Å². The van der Waals surface area contributed by atoms with E-state index in [2.05, 4.69) is 26.1 Å². The quantitative estimate of drug-likeness (QED) is 0.795. The first-order valence-corrected chi connectivity index (χ1v) is 8.16. The standard InChI is InChI=1S/C16H28BNO3/c1-14(2,3)13(19)18-9-17-20-12-8-10-7-11(15(10,4)5)16(12,6)21-17/h10-12H,7-9H2,1-6H3,(H,18,19)/t10-,11-,12+,16-/m0/s1. The van der Waals surface area contributed by atoms with Crippen molar-refractivity contribution in [2.75, 3.05) is 6.44 Å². The van der Waals surface area contributed by atoms with Gasteiger partial charge in [0.05, 0.1) is 18.1 Å². The molecule has 4 nitrogen and oxygen atoms in total. The van der Waals surface area contributed by atoms with E-state index < -0.39 is 0 Å². The molecule has 4 rings (SSSR count). The minimum Gasteiger partial charge on any atom is -0.404 e. The van der Waals surface area contributed by atoms with Gasteiger partial charge in [-0.05, 0) is 37.0 Å². The molecule has 0 aromatic rings. The maximum absolute atomic E-state index is 12.0. The predicted molar refractivity (Wildman–Crippen MR) is 82.6 cm³/mol.